The Labute approximate surface area is 124 Å². The Balaban J connectivity index is 2.30. The van der Waals surface area contributed by atoms with E-state index >= 15 is 0 Å². The van der Waals surface area contributed by atoms with Crippen LogP contribution in [0, 0.1) is 0 Å². The molecule has 0 aliphatic rings. The lowest BCUT2D eigenvalue weighted by Gasteiger charge is -2.09. The van der Waals surface area contributed by atoms with Gasteiger partial charge in [0.2, 0.25) is 0 Å². The van der Waals surface area contributed by atoms with E-state index in [0.29, 0.717) is 10.7 Å². The average molecular weight is 317 g/mol. The minimum Gasteiger partial charge on any atom is -0.397 e. The summed E-state index contributed by atoms with van der Waals surface area (Å²) in [5, 5.41) is 3.45. The Hall–Kier alpha value is -1.49. The van der Waals surface area contributed by atoms with Crippen molar-refractivity contribution in [3.8, 4) is 0 Å². The van der Waals surface area contributed by atoms with E-state index in [1.165, 1.54) is 18.3 Å². The van der Waals surface area contributed by atoms with E-state index in [1.807, 2.05) is 0 Å². The SMILES string of the molecule is Nc1cccnc1C(=O)Nc1cc(Cl)c(Cl)cc1Cl. The zero-order valence-electron chi connectivity index (χ0n) is 9.45. The number of nitrogens with one attached hydrogen (secondary N) is 1. The molecule has 7 heteroatoms. The molecule has 0 unspecified atom stereocenters. The molecule has 1 aromatic heterocycles. The second kappa shape index (κ2) is 5.65. The van der Waals surface area contributed by atoms with Gasteiger partial charge < -0.3 is 11.1 Å². The Kier molecular flexibility index (Phi) is 4.14. The number of amides is 1. The van der Waals surface area contributed by atoms with Crippen molar-refractivity contribution in [2.24, 2.45) is 0 Å². The first kappa shape index (κ1) is 13.9. The van der Waals surface area contributed by atoms with E-state index in [2.05, 4.69) is 10.3 Å². The van der Waals surface area contributed by atoms with Crippen LogP contribution in [-0.4, -0.2) is 10.9 Å². The van der Waals surface area contributed by atoms with Gasteiger partial charge >= 0.3 is 0 Å². The lowest BCUT2D eigenvalue weighted by atomic mass is 10.2. The molecule has 2 rings (SSSR count). The van der Waals surface area contributed by atoms with Gasteiger partial charge in [-0.2, -0.15) is 0 Å². The topological polar surface area (TPSA) is 68.0 Å². The minimum atomic E-state index is -0.474. The first-order valence-corrected chi connectivity index (χ1v) is 6.29. The number of hydrogen-bond acceptors (Lipinski definition) is 3. The smallest absolute Gasteiger partial charge is 0.276 e. The van der Waals surface area contributed by atoms with Gasteiger partial charge in [0.15, 0.2) is 5.69 Å². The highest BCUT2D eigenvalue weighted by molar-refractivity contribution is 6.44. The van der Waals surface area contributed by atoms with Gasteiger partial charge in [0.25, 0.3) is 5.91 Å². The van der Waals surface area contributed by atoms with Crippen LogP contribution < -0.4 is 11.1 Å². The molecule has 1 amide bonds. The first-order valence-electron chi connectivity index (χ1n) is 5.15. The normalized spacial score (nSPS) is 10.3. The number of hydrogen-bond donors (Lipinski definition) is 2. The molecule has 19 heavy (non-hydrogen) atoms. The minimum absolute atomic E-state index is 0.115. The van der Waals surface area contributed by atoms with E-state index in [9.17, 15) is 4.79 Å². The molecular weight excluding hydrogens is 309 g/mol. The maximum atomic E-state index is 12.0. The number of anilines is 2. The molecule has 0 aliphatic heterocycles. The molecule has 3 N–H and O–H groups in total. The summed E-state index contributed by atoms with van der Waals surface area (Å²) in [6, 6.07) is 6.13. The molecule has 4 nitrogen and oxygen atoms in total. The number of pyridine rings is 1. The van der Waals surface area contributed by atoms with Crippen molar-refractivity contribution in [1.82, 2.24) is 4.98 Å². The third kappa shape index (κ3) is 3.10. The molecule has 0 fully saturated rings. The number of halogens is 3. The Morgan fingerprint density at radius 2 is 1.84 bits per heavy atom. The van der Waals surface area contributed by atoms with Crippen molar-refractivity contribution < 1.29 is 4.79 Å². The van der Waals surface area contributed by atoms with Crippen LogP contribution in [0.2, 0.25) is 15.1 Å². The van der Waals surface area contributed by atoms with Gasteiger partial charge in [0, 0.05) is 6.20 Å². The summed E-state index contributed by atoms with van der Waals surface area (Å²) in [5.74, 6) is -0.474. The molecule has 0 atom stereocenters. The molecule has 0 saturated heterocycles. The summed E-state index contributed by atoms with van der Waals surface area (Å²) in [6.45, 7) is 0. The van der Waals surface area contributed by atoms with Gasteiger partial charge in [-0.15, -0.1) is 0 Å². The second-order valence-electron chi connectivity index (χ2n) is 3.64. The van der Waals surface area contributed by atoms with Crippen LogP contribution in [-0.2, 0) is 0 Å². The van der Waals surface area contributed by atoms with Gasteiger partial charge in [-0.05, 0) is 24.3 Å². The van der Waals surface area contributed by atoms with Crippen molar-refractivity contribution in [2.45, 2.75) is 0 Å². The summed E-state index contributed by atoms with van der Waals surface area (Å²) in [5.41, 5.74) is 6.39. The molecule has 0 spiro atoms. The Morgan fingerprint density at radius 3 is 2.53 bits per heavy atom. The van der Waals surface area contributed by atoms with Crippen LogP contribution >= 0.6 is 34.8 Å². The Bertz CT molecular complexity index is 646. The molecule has 2 aromatic rings. The number of nitrogens with two attached hydrogens (primary N) is 1. The highest BCUT2D eigenvalue weighted by Gasteiger charge is 2.14. The maximum Gasteiger partial charge on any atom is 0.276 e. The largest absolute Gasteiger partial charge is 0.397 e. The summed E-state index contributed by atoms with van der Waals surface area (Å²) in [4.78, 5) is 15.9. The van der Waals surface area contributed by atoms with E-state index in [-0.39, 0.29) is 21.4 Å². The van der Waals surface area contributed by atoms with Crippen LogP contribution in [0.1, 0.15) is 10.5 Å². The van der Waals surface area contributed by atoms with Crippen LogP contribution in [0.3, 0.4) is 0 Å². The van der Waals surface area contributed by atoms with Gasteiger partial charge in [0.1, 0.15) is 0 Å². The van der Waals surface area contributed by atoms with Crippen molar-refractivity contribution >= 4 is 52.1 Å². The lowest BCUT2D eigenvalue weighted by molar-refractivity contribution is 0.102. The summed E-state index contributed by atoms with van der Waals surface area (Å²) in [7, 11) is 0. The number of rotatable bonds is 2. The fourth-order valence-electron chi connectivity index (χ4n) is 1.41. The van der Waals surface area contributed by atoms with Crippen molar-refractivity contribution in [3.63, 3.8) is 0 Å². The fourth-order valence-corrected chi connectivity index (χ4v) is 2.00. The summed E-state index contributed by atoms with van der Waals surface area (Å²) in [6.07, 6.45) is 1.47. The van der Waals surface area contributed by atoms with E-state index in [1.54, 1.807) is 12.1 Å². The van der Waals surface area contributed by atoms with E-state index < -0.39 is 5.91 Å². The quantitative estimate of drug-likeness (QED) is 0.826. The van der Waals surface area contributed by atoms with Crippen LogP contribution in [0.5, 0.6) is 0 Å². The zero-order valence-corrected chi connectivity index (χ0v) is 11.7. The van der Waals surface area contributed by atoms with Gasteiger partial charge in [-0.1, -0.05) is 34.8 Å². The average Bonchev–Trinajstić information content (AvgIpc) is 2.36. The number of benzene rings is 1. The highest BCUT2D eigenvalue weighted by atomic mass is 35.5. The van der Waals surface area contributed by atoms with Gasteiger partial charge in [-0.3, -0.25) is 4.79 Å². The van der Waals surface area contributed by atoms with E-state index in [0.717, 1.165) is 0 Å². The summed E-state index contributed by atoms with van der Waals surface area (Å²) < 4.78 is 0. The van der Waals surface area contributed by atoms with Crippen molar-refractivity contribution in [2.75, 3.05) is 11.1 Å². The van der Waals surface area contributed by atoms with Crippen LogP contribution in [0.15, 0.2) is 30.5 Å². The van der Waals surface area contributed by atoms with Crippen LogP contribution in [0.4, 0.5) is 11.4 Å². The molecule has 1 heterocycles. The predicted octanol–water partition coefficient (Wildman–Crippen LogP) is 3.88. The van der Waals surface area contributed by atoms with Gasteiger partial charge in [-0.25, -0.2) is 4.98 Å². The molecular formula is C12H8Cl3N3O. The molecule has 0 saturated carbocycles. The number of carbonyl (C=O) groups is 1. The predicted molar refractivity (Wildman–Crippen MR) is 78.1 cm³/mol. The molecule has 98 valence electrons. The maximum absolute atomic E-state index is 12.0. The lowest BCUT2D eigenvalue weighted by Crippen LogP contribution is -2.16. The van der Waals surface area contributed by atoms with Crippen molar-refractivity contribution in [1.29, 1.82) is 0 Å². The third-order valence-electron chi connectivity index (χ3n) is 2.31. The van der Waals surface area contributed by atoms with Gasteiger partial charge in [0.05, 0.1) is 26.4 Å². The third-order valence-corrected chi connectivity index (χ3v) is 3.35. The number of nitrogens with zero attached hydrogens (tertiary/aromatic N) is 1. The fraction of sp³-hybridized carbons (Fsp3) is 0. The van der Waals surface area contributed by atoms with Crippen LogP contribution in [0.25, 0.3) is 0 Å². The zero-order chi connectivity index (χ0) is 14.0. The number of nitrogen functional groups attached to an aromatic ring is 1. The standard InChI is InChI=1S/C12H8Cl3N3O/c13-6-4-8(15)10(5-7(6)14)18-12(19)11-9(16)2-1-3-17-11/h1-5H,16H2,(H,18,19). The highest BCUT2D eigenvalue weighted by Crippen LogP contribution is 2.32. The second-order valence-corrected chi connectivity index (χ2v) is 4.86. The monoisotopic (exact) mass is 315 g/mol. The van der Waals surface area contributed by atoms with E-state index in [4.69, 9.17) is 40.5 Å². The number of carbonyl (C=O) groups excluding carboxylic acids is 1. The Morgan fingerprint density at radius 1 is 1.16 bits per heavy atom. The van der Waals surface area contributed by atoms with Crippen molar-refractivity contribution in [3.05, 3.63) is 51.2 Å². The molecule has 1 aromatic carbocycles. The molecule has 0 bridgehead atoms. The molecule has 0 aliphatic carbocycles. The summed E-state index contributed by atoms with van der Waals surface area (Å²) >= 11 is 17.6. The first-order chi connectivity index (χ1) is 8.99. The molecule has 0 radical (unpaired) electrons. The number of aromatic nitrogens is 1.